The van der Waals surface area contributed by atoms with E-state index in [0.717, 1.165) is 0 Å². The standard InChI is InChI=1S/C19H15Cl2N3O5/c1-2-23-11(9-24-14(18(26)27)5-6-22-24)8-15(25)16(19(28)29)17(23)10-3-4-12(20)13(21)7-10/h3-8H,2,9H2,1H3,(H,26,27)(H,28,29). The molecule has 29 heavy (non-hydrogen) atoms. The number of hydrogen-bond acceptors (Lipinski definition) is 4. The van der Waals surface area contributed by atoms with Crippen LogP contribution in [0.4, 0.5) is 0 Å². The van der Waals surface area contributed by atoms with Crippen LogP contribution in [0, 0.1) is 0 Å². The van der Waals surface area contributed by atoms with Gasteiger partial charge in [0.2, 0.25) is 0 Å². The normalized spacial score (nSPS) is 10.9. The summed E-state index contributed by atoms with van der Waals surface area (Å²) in [4.78, 5) is 35.8. The minimum Gasteiger partial charge on any atom is -0.477 e. The summed E-state index contributed by atoms with van der Waals surface area (Å²) < 4.78 is 2.85. The Morgan fingerprint density at radius 2 is 1.79 bits per heavy atom. The molecule has 0 radical (unpaired) electrons. The Morgan fingerprint density at radius 1 is 1.07 bits per heavy atom. The van der Waals surface area contributed by atoms with Crippen molar-refractivity contribution in [3.05, 3.63) is 73.7 Å². The molecule has 10 heteroatoms. The van der Waals surface area contributed by atoms with Gasteiger partial charge in [-0.25, -0.2) is 9.59 Å². The second kappa shape index (κ2) is 8.10. The molecule has 0 fully saturated rings. The van der Waals surface area contributed by atoms with E-state index in [2.05, 4.69) is 5.10 Å². The van der Waals surface area contributed by atoms with Crippen molar-refractivity contribution in [1.29, 1.82) is 0 Å². The summed E-state index contributed by atoms with van der Waals surface area (Å²) in [6, 6.07) is 7.08. The van der Waals surface area contributed by atoms with Crippen molar-refractivity contribution in [3.8, 4) is 11.3 Å². The lowest BCUT2D eigenvalue weighted by atomic mass is 10.0. The van der Waals surface area contributed by atoms with Gasteiger partial charge in [0.1, 0.15) is 11.3 Å². The maximum absolute atomic E-state index is 12.6. The topological polar surface area (TPSA) is 114 Å². The van der Waals surface area contributed by atoms with Crippen LogP contribution in [0.25, 0.3) is 11.3 Å². The van der Waals surface area contributed by atoms with E-state index in [0.29, 0.717) is 17.8 Å². The molecule has 150 valence electrons. The summed E-state index contributed by atoms with van der Waals surface area (Å²) in [5.41, 5.74) is -0.217. The van der Waals surface area contributed by atoms with Crippen LogP contribution in [0.15, 0.2) is 41.3 Å². The molecule has 8 nitrogen and oxygen atoms in total. The van der Waals surface area contributed by atoms with Crippen LogP contribution in [-0.2, 0) is 13.1 Å². The SMILES string of the molecule is CCn1c(Cn2nccc2C(=O)O)cc(=O)c(C(=O)O)c1-c1ccc(Cl)c(Cl)c1. The highest BCUT2D eigenvalue weighted by atomic mass is 35.5. The highest BCUT2D eigenvalue weighted by molar-refractivity contribution is 6.42. The number of halogens is 2. The monoisotopic (exact) mass is 435 g/mol. The van der Waals surface area contributed by atoms with Crippen LogP contribution in [0.5, 0.6) is 0 Å². The van der Waals surface area contributed by atoms with Gasteiger partial charge >= 0.3 is 11.9 Å². The third-order valence-corrected chi connectivity index (χ3v) is 5.11. The summed E-state index contributed by atoms with van der Waals surface area (Å²) in [6.07, 6.45) is 1.34. The number of carboxylic acid groups (broad SMARTS) is 2. The molecular formula is C19H15Cl2N3O5. The minimum absolute atomic E-state index is 0.0358. The van der Waals surface area contributed by atoms with Gasteiger partial charge in [0, 0.05) is 30.1 Å². The first kappa shape index (κ1) is 20.6. The molecule has 0 bridgehead atoms. The molecule has 0 spiro atoms. The third kappa shape index (κ3) is 3.90. The van der Waals surface area contributed by atoms with E-state index in [-0.39, 0.29) is 28.0 Å². The quantitative estimate of drug-likeness (QED) is 0.612. The maximum Gasteiger partial charge on any atom is 0.354 e. The molecule has 0 saturated carbocycles. The van der Waals surface area contributed by atoms with Gasteiger partial charge in [0.25, 0.3) is 0 Å². The van der Waals surface area contributed by atoms with Gasteiger partial charge in [0.05, 0.1) is 22.3 Å². The second-order valence-corrected chi connectivity index (χ2v) is 6.90. The van der Waals surface area contributed by atoms with Crippen molar-refractivity contribution < 1.29 is 19.8 Å². The first-order valence-corrected chi connectivity index (χ1v) is 9.20. The fourth-order valence-electron chi connectivity index (χ4n) is 3.13. The molecular weight excluding hydrogens is 421 g/mol. The van der Waals surface area contributed by atoms with E-state index < -0.39 is 22.9 Å². The van der Waals surface area contributed by atoms with Crippen molar-refractivity contribution in [2.75, 3.05) is 0 Å². The predicted molar refractivity (Wildman–Crippen MR) is 107 cm³/mol. The van der Waals surface area contributed by atoms with Crippen molar-refractivity contribution in [3.63, 3.8) is 0 Å². The van der Waals surface area contributed by atoms with E-state index in [9.17, 15) is 24.6 Å². The van der Waals surface area contributed by atoms with Gasteiger partial charge in [-0.2, -0.15) is 5.10 Å². The van der Waals surface area contributed by atoms with E-state index in [4.69, 9.17) is 23.2 Å². The average molecular weight is 436 g/mol. The largest absolute Gasteiger partial charge is 0.477 e. The van der Waals surface area contributed by atoms with Gasteiger partial charge in [-0.05, 0) is 25.1 Å². The maximum atomic E-state index is 12.6. The van der Waals surface area contributed by atoms with E-state index in [1.807, 2.05) is 0 Å². The van der Waals surface area contributed by atoms with E-state index in [1.54, 1.807) is 17.6 Å². The molecule has 0 aliphatic rings. The number of aromatic nitrogens is 3. The summed E-state index contributed by atoms with van der Waals surface area (Å²) in [6.45, 7) is 2.06. The average Bonchev–Trinajstić information content (AvgIpc) is 3.11. The van der Waals surface area contributed by atoms with Crippen molar-refractivity contribution >= 4 is 35.1 Å². The van der Waals surface area contributed by atoms with Gasteiger partial charge in [-0.1, -0.05) is 29.3 Å². The Kier molecular flexibility index (Phi) is 5.76. The molecule has 0 saturated heterocycles. The molecule has 2 heterocycles. The van der Waals surface area contributed by atoms with Gasteiger partial charge < -0.3 is 14.8 Å². The van der Waals surface area contributed by atoms with Crippen molar-refractivity contribution in [1.82, 2.24) is 14.3 Å². The van der Waals surface area contributed by atoms with Crippen LogP contribution < -0.4 is 5.43 Å². The first-order valence-electron chi connectivity index (χ1n) is 8.45. The lowest BCUT2D eigenvalue weighted by Crippen LogP contribution is -2.25. The molecule has 2 aromatic heterocycles. The first-order chi connectivity index (χ1) is 13.7. The molecule has 3 rings (SSSR count). The van der Waals surface area contributed by atoms with E-state index in [1.165, 1.54) is 35.1 Å². The number of benzene rings is 1. The molecule has 2 N–H and O–H groups in total. The lowest BCUT2D eigenvalue weighted by Gasteiger charge is -2.20. The number of carboxylic acids is 2. The van der Waals surface area contributed by atoms with Crippen LogP contribution in [0.1, 0.15) is 33.5 Å². The molecule has 0 atom stereocenters. The molecule has 0 amide bonds. The zero-order valence-electron chi connectivity index (χ0n) is 15.1. The van der Waals surface area contributed by atoms with Crippen LogP contribution in [0.2, 0.25) is 10.0 Å². The molecule has 0 aliphatic heterocycles. The molecule has 3 aromatic rings. The zero-order valence-corrected chi connectivity index (χ0v) is 16.6. The smallest absolute Gasteiger partial charge is 0.354 e. The molecule has 1 aromatic carbocycles. The highest BCUT2D eigenvalue weighted by Gasteiger charge is 2.23. The van der Waals surface area contributed by atoms with Crippen LogP contribution >= 0.6 is 23.2 Å². The molecule has 0 aliphatic carbocycles. The Bertz CT molecular complexity index is 1180. The summed E-state index contributed by atoms with van der Waals surface area (Å²) in [5, 5.41) is 23.4. The summed E-state index contributed by atoms with van der Waals surface area (Å²) >= 11 is 12.1. The van der Waals surface area contributed by atoms with Gasteiger partial charge in [-0.3, -0.25) is 9.48 Å². The fraction of sp³-hybridized carbons (Fsp3) is 0.158. The van der Waals surface area contributed by atoms with Crippen molar-refractivity contribution in [2.24, 2.45) is 0 Å². The van der Waals surface area contributed by atoms with Gasteiger partial charge in [-0.15, -0.1) is 0 Å². The fourth-order valence-corrected chi connectivity index (χ4v) is 3.43. The number of pyridine rings is 1. The summed E-state index contributed by atoms with van der Waals surface area (Å²) in [5.74, 6) is -2.55. The Balaban J connectivity index is 2.29. The highest BCUT2D eigenvalue weighted by Crippen LogP contribution is 2.30. The predicted octanol–water partition coefficient (Wildman–Crippen LogP) is 3.48. The number of hydrogen-bond donors (Lipinski definition) is 2. The number of aromatic carboxylic acids is 2. The zero-order chi connectivity index (χ0) is 21.3. The molecule has 0 unspecified atom stereocenters. The number of rotatable bonds is 6. The van der Waals surface area contributed by atoms with E-state index >= 15 is 0 Å². The third-order valence-electron chi connectivity index (χ3n) is 4.37. The summed E-state index contributed by atoms with van der Waals surface area (Å²) in [7, 11) is 0. The number of nitrogens with zero attached hydrogens (tertiary/aromatic N) is 3. The van der Waals surface area contributed by atoms with Crippen LogP contribution in [-0.4, -0.2) is 36.5 Å². The lowest BCUT2D eigenvalue weighted by molar-refractivity contribution is 0.0678. The second-order valence-electron chi connectivity index (χ2n) is 6.08. The Morgan fingerprint density at radius 3 is 2.38 bits per heavy atom. The Hall–Kier alpha value is -3.10. The Labute approximate surface area is 174 Å². The van der Waals surface area contributed by atoms with Crippen molar-refractivity contribution in [2.45, 2.75) is 20.0 Å². The number of carbonyl (C=O) groups is 2. The minimum atomic E-state index is -1.38. The van der Waals surface area contributed by atoms with Crippen LogP contribution in [0.3, 0.4) is 0 Å². The van der Waals surface area contributed by atoms with Gasteiger partial charge in [0.15, 0.2) is 5.43 Å².